The van der Waals surface area contributed by atoms with E-state index >= 15 is 0 Å². The van der Waals surface area contributed by atoms with Gasteiger partial charge in [-0.3, -0.25) is 0 Å². The molecule has 1 unspecified atom stereocenters. The Kier molecular flexibility index (Phi) is 5.16. The van der Waals surface area contributed by atoms with Gasteiger partial charge < -0.3 is 15.8 Å². The van der Waals surface area contributed by atoms with Crippen LogP contribution in [0.15, 0.2) is 28.7 Å². The highest BCUT2D eigenvalue weighted by Crippen LogP contribution is 2.21. The summed E-state index contributed by atoms with van der Waals surface area (Å²) >= 11 is 3.43. The van der Waals surface area contributed by atoms with E-state index in [9.17, 15) is 4.79 Å². The Balaban J connectivity index is 2.49. The molecule has 5 heteroatoms. The molecule has 0 aromatic heterocycles. The van der Waals surface area contributed by atoms with Gasteiger partial charge in [0.2, 0.25) is 0 Å². The molecule has 0 fully saturated rings. The van der Waals surface area contributed by atoms with Gasteiger partial charge in [-0.15, -0.1) is 0 Å². The van der Waals surface area contributed by atoms with E-state index in [1.165, 1.54) is 0 Å². The lowest BCUT2D eigenvalue weighted by molar-refractivity contribution is 0.0524. The zero-order valence-electron chi connectivity index (χ0n) is 10.9. The lowest BCUT2D eigenvalue weighted by Crippen LogP contribution is -2.36. The van der Waals surface area contributed by atoms with E-state index in [4.69, 9.17) is 10.5 Å². The summed E-state index contributed by atoms with van der Waals surface area (Å²) in [7, 11) is 0. The number of benzene rings is 1. The first kappa shape index (κ1) is 15.0. The van der Waals surface area contributed by atoms with Gasteiger partial charge in [0.15, 0.2) is 0 Å². The fraction of sp³-hybridized carbons (Fsp3) is 0.462. The van der Waals surface area contributed by atoms with E-state index < -0.39 is 11.7 Å². The van der Waals surface area contributed by atoms with Crippen LogP contribution in [-0.4, -0.2) is 18.2 Å². The van der Waals surface area contributed by atoms with Gasteiger partial charge in [-0.05, 0) is 32.4 Å². The summed E-state index contributed by atoms with van der Waals surface area (Å²) in [5, 5.41) is 2.66. The molecule has 0 saturated heterocycles. The fourth-order valence-corrected chi connectivity index (χ4v) is 1.97. The number of carbonyl (C=O) groups is 1. The van der Waals surface area contributed by atoms with Crippen molar-refractivity contribution in [3.05, 3.63) is 34.3 Å². The molecule has 100 valence electrons. The summed E-state index contributed by atoms with van der Waals surface area (Å²) in [5.41, 5.74) is 6.46. The van der Waals surface area contributed by atoms with Crippen LogP contribution in [0.25, 0.3) is 0 Å². The van der Waals surface area contributed by atoms with Crippen LogP contribution in [-0.2, 0) is 4.74 Å². The molecule has 1 rings (SSSR count). The van der Waals surface area contributed by atoms with Crippen molar-refractivity contribution >= 4 is 22.0 Å². The lowest BCUT2D eigenvalue weighted by Gasteiger charge is -2.21. The molecule has 0 heterocycles. The molecule has 0 aliphatic carbocycles. The van der Waals surface area contributed by atoms with Crippen molar-refractivity contribution in [1.82, 2.24) is 5.32 Å². The third-order valence-corrected chi connectivity index (χ3v) is 2.89. The summed E-state index contributed by atoms with van der Waals surface area (Å²) < 4.78 is 6.07. The normalized spacial score (nSPS) is 12.9. The number of hydrogen-bond acceptors (Lipinski definition) is 3. The summed E-state index contributed by atoms with van der Waals surface area (Å²) in [5.74, 6) is 0. The van der Waals surface area contributed by atoms with E-state index in [1.54, 1.807) is 0 Å². The highest BCUT2D eigenvalue weighted by Gasteiger charge is 2.17. The number of nitrogens with one attached hydrogen (secondary N) is 1. The molecule has 1 atom stereocenters. The second kappa shape index (κ2) is 6.20. The topological polar surface area (TPSA) is 64.3 Å². The second-order valence-corrected chi connectivity index (χ2v) is 5.87. The fourth-order valence-electron chi connectivity index (χ4n) is 1.39. The van der Waals surface area contributed by atoms with Gasteiger partial charge in [0, 0.05) is 17.1 Å². The van der Waals surface area contributed by atoms with Crippen molar-refractivity contribution in [3.63, 3.8) is 0 Å². The number of amides is 1. The molecule has 0 aliphatic rings. The monoisotopic (exact) mass is 314 g/mol. The minimum Gasteiger partial charge on any atom is -0.444 e. The maximum atomic E-state index is 11.5. The molecule has 3 N–H and O–H groups in total. The third kappa shape index (κ3) is 5.06. The van der Waals surface area contributed by atoms with Crippen LogP contribution in [0.4, 0.5) is 4.79 Å². The predicted octanol–water partition coefficient (Wildman–Crippen LogP) is 2.97. The second-order valence-electron chi connectivity index (χ2n) is 5.01. The lowest BCUT2D eigenvalue weighted by atomic mass is 10.1. The Morgan fingerprint density at radius 3 is 2.61 bits per heavy atom. The molecule has 0 saturated carbocycles. The van der Waals surface area contributed by atoms with E-state index in [0.717, 1.165) is 10.0 Å². The molecule has 0 spiro atoms. The van der Waals surface area contributed by atoms with Crippen LogP contribution in [0.3, 0.4) is 0 Å². The van der Waals surface area contributed by atoms with Gasteiger partial charge in [-0.25, -0.2) is 4.79 Å². The molecule has 1 amide bonds. The number of halogens is 1. The minimum atomic E-state index is -0.499. The number of rotatable bonds is 3. The first-order valence-electron chi connectivity index (χ1n) is 5.76. The Morgan fingerprint density at radius 1 is 1.44 bits per heavy atom. The number of ether oxygens (including phenoxy) is 1. The summed E-state index contributed by atoms with van der Waals surface area (Å²) in [4.78, 5) is 11.5. The van der Waals surface area contributed by atoms with Crippen molar-refractivity contribution in [2.45, 2.75) is 32.4 Å². The van der Waals surface area contributed by atoms with E-state index in [2.05, 4.69) is 21.2 Å². The van der Waals surface area contributed by atoms with Crippen LogP contribution in [0, 0.1) is 0 Å². The number of hydrogen-bond donors (Lipinski definition) is 2. The van der Waals surface area contributed by atoms with Crippen molar-refractivity contribution in [1.29, 1.82) is 0 Å². The Bertz CT molecular complexity index is 416. The first-order valence-corrected chi connectivity index (χ1v) is 6.56. The Labute approximate surface area is 116 Å². The molecule has 1 aromatic rings. The van der Waals surface area contributed by atoms with Gasteiger partial charge in [0.1, 0.15) is 5.60 Å². The van der Waals surface area contributed by atoms with Crippen LogP contribution in [0.2, 0.25) is 0 Å². The van der Waals surface area contributed by atoms with Crippen LogP contribution >= 0.6 is 15.9 Å². The molecule has 4 nitrogen and oxygen atoms in total. The molecule has 1 aromatic carbocycles. The zero-order valence-corrected chi connectivity index (χ0v) is 12.5. The average Bonchev–Trinajstić information content (AvgIpc) is 2.24. The van der Waals surface area contributed by atoms with Crippen molar-refractivity contribution < 1.29 is 9.53 Å². The molecule has 0 bridgehead atoms. The third-order valence-electron chi connectivity index (χ3n) is 2.17. The standard InChI is InChI=1S/C13H19BrN2O2/c1-13(2,3)18-12(17)16-8-11(15)9-6-4-5-7-10(9)14/h4-7,11H,8,15H2,1-3H3,(H,16,17). The smallest absolute Gasteiger partial charge is 0.407 e. The van der Waals surface area contributed by atoms with Gasteiger partial charge in [0.05, 0.1) is 0 Å². The van der Waals surface area contributed by atoms with Crippen molar-refractivity contribution in [2.75, 3.05) is 6.54 Å². The van der Waals surface area contributed by atoms with Crippen molar-refractivity contribution in [3.8, 4) is 0 Å². The SMILES string of the molecule is CC(C)(C)OC(=O)NCC(N)c1ccccc1Br. The van der Waals surface area contributed by atoms with Crippen LogP contribution in [0.5, 0.6) is 0 Å². The summed E-state index contributed by atoms with van der Waals surface area (Å²) in [6.45, 7) is 5.79. The number of nitrogens with two attached hydrogens (primary N) is 1. The van der Waals surface area contributed by atoms with Gasteiger partial charge >= 0.3 is 6.09 Å². The molecular weight excluding hydrogens is 296 g/mol. The Morgan fingerprint density at radius 2 is 2.06 bits per heavy atom. The molecular formula is C13H19BrN2O2. The summed E-state index contributed by atoms with van der Waals surface area (Å²) in [6, 6.07) is 7.40. The maximum absolute atomic E-state index is 11.5. The maximum Gasteiger partial charge on any atom is 0.407 e. The van der Waals surface area contributed by atoms with E-state index in [1.807, 2.05) is 45.0 Å². The van der Waals surface area contributed by atoms with Gasteiger partial charge in [-0.1, -0.05) is 34.1 Å². The van der Waals surface area contributed by atoms with E-state index in [0.29, 0.717) is 6.54 Å². The van der Waals surface area contributed by atoms with Crippen LogP contribution < -0.4 is 11.1 Å². The Hall–Kier alpha value is -1.07. The molecule has 0 radical (unpaired) electrons. The predicted molar refractivity (Wildman–Crippen MR) is 75.3 cm³/mol. The quantitative estimate of drug-likeness (QED) is 0.901. The van der Waals surface area contributed by atoms with Crippen LogP contribution in [0.1, 0.15) is 32.4 Å². The largest absolute Gasteiger partial charge is 0.444 e. The highest BCUT2D eigenvalue weighted by molar-refractivity contribution is 9.10. The summed E-state index contributed by atoms with van der Waals surface area (Å²) in [6.07, 6.45) is -0.454. The highest BCUT2D eigenvalue weighted by atomic mass is 79.9. The van der Waals surface area contributed by atoms with E-state index in [-0.39, 0.29) is 6.04 Å². The number of alkyl carbamates (subject to hydrolysis) is 1. The van der Waals surface area contributed by atoms with Gasteiger partial charge in [-0.2, -0.15) is 0 Å². The minimum absolute atomic E-state index is 0.270. The van der Waals surface area contributed by atoms with Crippen molar-refractivity contribution in [2.24, 2.45) is 5.73 Å². The first-order chi connectivity index (χ1) is 8.29. The molecule has 18 heavy (non-hydrogen) atoms. The molecule has 0 aliphatic heterocycles. The number of carbonyl (C=O) groups excluding carboxylic acids is 1. The average molecular weight is 315 g/mol. The van der Waals surface area contributed by atoms with Gasteiger partial charge in [0.25, 0.3) is 0 Å². The zero-order chi connectivity index (χ0) is 13.8.